The van der Waals surface area contributed by atoms with E-state index in [1.54, 1.807) is 6.20 Å². The van der Waals surface area contributed by atoms with Crippen LogP contribution in [0.5, 0.6) is 0 Å². The lowest BCUT2D eigenvalue weighted by atomic mass is 9.60. The first kappa shape index (κ1) is 24.8. The van der Waals surface area contributed by atoms with Crippen molar-refractivity contribution in [3.8, 4) is 0 Å². The van der Waals surface area contributed by atoms with E-state index in [1.807, 2.05) is 13.1 Å². The smallest absolute Gasteiger partial charge is 0.475 e. The summed E-state index contributed by atoms with van der Waals surface area (Å²) in [7, 11) is 0. The SMILES string of the molecule is Cc1cncc(CN2CCC3(CC2)CC(NC(=O)OCCF)C3)n1.O=C(O)C(F)(F)F. The number of carbonyl (C=O) groups excluding carboxylic acids is 1. The normalized spacial score (nSPS) is 18.5. The first-order valence-corrected chi connectivity index (χ1v) is 9.82. The maximum absolute atomic E-state index is 12.0. The van der Waals surface area contributed by atoms with Gasteiger partial charge >= 0.3 is 18.2 Å². The van der Waals surface area contributed by atoms with Crippen LogP contribution in [0.4, 0.5) is 22.4 Å². The van der Waals surface area contributed by atoms with Gasteiger partial charge in [-0.2, -0.15) is 13.2 Å². The van der Waals surface area contributed by atoms with Crippen molar-refractivity contribution in [1.29, 1.82) is 0 Å². The molecule has 2 aliphatic rings. The number of aliphatic carboxylic acids is 1. The van der Waals surface area contributed by atoms with E-state index in [1.165, 1.54) is 0 Å². The van der Waals surface area contributed by atoms with Crippen LogP contribution in [-0.4, -0.2) is 70.6 Å². The van der Waals surface area contributed by atoms with E-state index >= 15 is 0 Å². The van der Waals surface area contributed by atoms with E-state index in [2.05, 4.69) is 20.2 Å². The van der Waals surface area contributed by atoms with Gasteiger partial charge in [0.25, 0.3) is 0 Å². The van der Waals surface area contributed by atoms with Crippen molar-refractivity contribution in [2.75, 3.05) is 26.4 Å². The summed E-state index contributed by atoms with van der Waals surface area (Å²) < 4.78 is 48.4. The number of alkyl carbamates (subject to hydrolysis) is 1. The van der Waals surface area contributed by atoms with Gasteiger partial charge in [0.05, 0.1) is 11.4 Å². The van der Waals surface area contributed by atoms with Gasteiger partial charge in [-0.25, -0.2) is 14.0 Å². The molecule has 1 aromatic rings. The predicted molar refractivity (Wildman–Crippen MR) is 101 cm³/mol. The first-order chi connectivity index (χ1) is 14.5. The molecule has 1 saturated carbocycles. The lowest BCUT2D eigenvalue weighted by Gasteiger charge is -2.52. The summed E-state index contributed by atoms with van der Waals surface area (Å²) in [6.07, 6.45) is 2.31. The number of nitrogens with one attached hydrogen (secondary N) is 1. The number of carboxylic acid groups (broad SMARTS) is 1. The summed E-state index contributed by atoms with van der Waals surface area (Å²) in [6, 6.07) is 0.173. The number of hydrogen-bond acceptors (Lipinski definition) is 6. The van der Waals surface area contributed by atoms with Crippen LogP contribution in [0.3, 0.4) is 0 Å². The highest BCUT2D eigenvalue weighted by molar-refractivity contribution is 5.73. The van der Waals surface area contributed by atoms with Gasteiger partial charge in [0.15, 0.2) is 0 Å². The second-order valence-electron chi connectivity index (χ2n) is 7.81. The molecule has 1 aliphatic heterocycles. The predicted octanol–water partition coefficient (Wildman–Crippen LogP) is 2.86. The van der Waals surface area contributed by atoms with Gasteiger partial charge in [-0.15, -0.1) is 0 Å². The quantitative estimate of drug-likeness (QED) is 0.665. The molecule has 2 heterocycles. The molecule has 1 aromatic heterocycles. The highest BCUT2D eigenvalue weighted by Crippen LogP contribution is 2.49. The van der Waals surface area contributed by atoms with E-state index in [4.69, 9.17) is 14.6 Å². The largest absolute Gasteiger partial charge is 0.490 e. The molecule has 0 unspecified atom stereocenters. The van der Waals surface area contributed by atoms with Crippen LogP contribution in [0.2, 0.25) is 0 Å². The summed E-state index contributed by atoms with van der Waals surface area (Å²) in [5, 5.41) is 9.95. The lowest BCUT2D eigenvalue weighted by molar-refractivity contribution is -0.192. The zero-order chi connectivity index (χ0) is 23.1. The molecule has 2 N–H and O–H groups in total. The minimum atomic E-state index is -5.08. The van der Waals surface area contributed by atoms with Gasteiger partial charge in [-0.1, -0.05) is 0 Å². The van der Waals surface area contributed by atoms with Crippen LogP contribution in [0.1, 0.15) is 37.1 Å². The number of aromatic nitrogens is 2. The van der Waals surface area contributed by atoms with Crippen LogP contribution in [0.25, 0.3) is 0 Å². The maximum atomic E-state index is 12.0. The third-order valence-electron chi connectivity index (χ3n) is 5.34. The molecule has 1 aliphatic carbocycles. The molecule has 1 amide bonds. The van der Waals surface area contributed by atoms with Crippen molar-refractivity contribution in [3.05, 3.63) is 23.8 Å². The molecule has 0 bridgehead atoms. The molecule has 12 heteroatoms. The number of amides is 1. The Morgan fingerprint density at radius 1 is 1.29 bits per heavy atom. The number of carbonyl (C=O) groups is 2. The van der Waals surface area contributed by atoms with Gasteiger partial charge in [0, 0.05) is 25.0 Å². The molecule has 8 nitrogen and oxygen atoms in total. The van der Waals surface area contributed by atoms with Crippen molar-refractivity contribution in [1.82, 2.24) is 20.2 Å². The average Bonchev–Trinajstić information content (AvgIpc) is 2.66. The minimum absolute atomic E-state index is 0.166. The monoisotopic (exact) mass is 450 g/mol. The molecule has 0 atom stereocenters. The number of rotatable bonds is 5. The zero-order valence-electron chi connectivity index (χ0n) is 17.1. The summed E-state index contributed by atoms with van der Waals surface area (Å²) >= 11 is 0. The number of carboxylic acids is 1. The van der Waals surface area contributed by atoms with Crippen LogP contribution in [-0.2, 0) is 16.1 Å². The van der Waals surface area contributed by atoms with E-state index < -0.39 is 24.9 Å². The van der Waals surface area contributed by atoms with Crippen molar-refractivity contribution in [2.45, 2.75) is 51.4 Å². The lowest BCUT2D eigenvalue weighted by Crippen LogP contribution is -2.54. The van der Waals surface area contributed by atoms with Gasteiger partial charge in [0.2, 0.25) is 0 Å². The van der Waals surface area contributed by atoms with E-state index in [-0.39, 0.29) is 12.6 Å². The first-order valence-electron chi connectivity index (χ1n) is 9.82. The van der Waals surface area contributed by atoms with Crippen LogP contribution >= 0.6 is 0 Å². The average molecular weight is 450 g/mol. The second kappa shape index (κ2) is 10.7. The molecular formula is C19H26F4N4O4. The van der Waals surface area contributed by atoms with Gasteiger partial charge < -0.3 is 15.2 Å². The topological polar surface area (TPSA) is 105 Å². The second-order valence-corrected chi connectivity index (χ2v) is 7.81. The molecule has 2 fully saturated rings. The fourth-order valence-electron chi connectivity index (χ4n) is 3.84. The summed E-state index contributed by atoms with van der Waals surface area (Å²) in [4.78, 5) is 31.5. The number of piperidine rings is 1. The van der Waals surface area contributed by atoms with Crippen LogP contribution < -0.4 is 5.32 Å². The summed E-state index contributed by atoms with van der Waals surface area (Å²) in [6.45, 7) is 4.11. The molecule has 174 valence electrons. The Labute approximate surface area is 177 Å². The Bertz CT molecular complexity index is 747. The number of nitrogens with zero attached hydrogens (tertiary/aromatic N) is 3. The molecule has 0 aromatic carbocycles. The molecule has 0 radical (unpaired) electrons. The Balaban J connectivity index is 0.000000423. The van der Waals surface area contributed by atoms with E-state index in [0.717, 1.165) is 56.7 Å². The van der Waals surface area contributed by atoms with Crippen molar-refractivity contribution in [2.24, 2.45) is 5.41 Å². The minimum Gasteiger partial charge on any atom is -0.475 e. The standard InChI is InChI=1S/C17H25FN4O2.C2HF3O2/c1-13-10-19-11-15(20-13)12-22-5-2-17(3-6-22)8-14(9-17)21-16(23)24-7-4-18;3-2(4,5)1(6)7/h10-11,14H,2-9,12H2,1H3,(H,21,23);(H,6,7). The number of hydrogen-bond donors (Lipinski definition) is 2. The summed E-state index contributed by atoms with van der Waals surface area (Å²) in [5.41, 5.74) is 2.33. The number of likely N-dealkylation sites (tertiary alicyclic amines) is 1. The fraction of sp³-hybridized carbons (Fsp3) is 0.684. The Hall–Kier alpha value is -2.50. The Morgan fingerprint density at radius 3 is 2.42 bits per heavy atom. The molecule has 1 saturated heterocycles. The Morgan fingerprint density at radius 2 is 1.90 bits per heavy atom. The third kappa shape index (κ3) is 7.93. The Kier molecular flexibility index (Phi) is 8.54. The fourth-order valence-corrected chi connectivity index (χ4v) is 3.84. The van der Waals surface area contributed by atoms with E-state index in [9.17, 15) is 22.4 Å². The third-order valence-corrected chi connectivity index (χ3v) is 5.34. The van der Waals surface area contributed by atoms with Gasteiger partial charge in [-0.3, -0.25) is 14.9 Å². The van der Waals surface area contributed by atoms with Crippen molar-refractivity contribution >= 4 is 12.1 Å². The highest BCUT2D eigenvalue weighted by atomic mass is 19.4. The maximum Gasteiger partial charge on any atom is 0.490 e. The van der Waals surface area contributed by atoms with Gasteiger partial charge in [0.1, 0.15) is 13.3 Å². The van der Waals surface area contributed by atoms with Crippen molar-refractivity contribution < 1.29 is 37.0 Å². The van der Waals surface area contributed by atoms with E-state index in [0.29, 0.717) is 5.41 Å². The van der Waals surface area contributed by atoms with Crippen LogP contribution in [0.15, 0.2) is 12.4 Å². The molecular weight excluding hydrogens is 424 g/mol. The number of alkyl halides is 4. The highest BCUT2D eigenvalue weighted by Gasteiger charge is 2.46. The number of halogens is 4. The molecule has 3 rings (SSSR count). The zero-order valence-corrected chi connectivity index (χ0v) is 17.1. The van der Waals surface area contributed by atoms with Crippen molar-refractivity contribution in [3.63, 3.8) is 0 Å². The van der Waals surface area contributed by atoms with Crippen LogP contribution in [0, 0.1) is 12.3 Å². The number of aryl methyl sites for hydroxylation is 1. The molecule has 1 spiro atoms. The summed E-state index contributed by atoms with van der Waals surface area (Å²) in [5.74, 6) is -2.76. The molecule has 31 heavy (non-hydrogen) atoms. The number of ether oxygens (including phenoxy) is 1. The van der Waals surface area contributed by atoms with Gasteiger partial charge in [-0.05, 0) is 51.1 Å².